The zero-order valence-corrected chi connectivity index (χ0v) is 12.6. The highest BCUT2D eigenvalue weighted by Gasteiger charge is 2.27. The van der Waals surface area contributed by atoms with Crippen molar-refractivity contribution < 1.29 is 24.1 Å². The van der Waals surface area contributed by atoms with Gasteiger partial charge >= 0.3 is 5.63 Å². The molecule has 0 saturated carbocycles. The molecule has 0 saturated heterocycles. The van der Waals surface area contributed by atoms with Crippen LogP contribution in [0, 0.1) is 0 Å². The van der Waals surface area contributed by atoms with E-state index in [1.807, 2.05) is 0 Å². The Bertz CT molecular complexity index is 761. The van der Waals surface area contributed by atoms with Crippen molar-refractivity contribution in [2.75, 3.05) is 14.2 Å². The second kappa shape index (κ2) is 6.21. The largest absolute Gasteiger partial charge is 0.492 e. The van der Waals surface area contributed by atoms with E-state index in [2.05, 4.69) is 6.58 Å². The molecule has 0 unspecified atom stereocenters. The maximum atomic E-state index is 11.4. The van der Waals surface area contributed by atoms with Crippen LogP contribution in [0.15, 0.2) is 39.6 Å². The SMILES string of the molecule is C=C(C)[C@H](O)[C@H](O)c1cc2ccc(=O)oc2c(OC)c1OC. The van der Waals surface area contributed by atoms with E-state index in [1.54, 1.807) is 19.1 Å². The van der Waals surface area contributed by atoms with Crippen LogP contribution in [0.2, 0.25) is 0 Å². The summed E-state index contributed by atoms with van der Waals surface area (Å²) in [5, 5.41) is 20.9. The van der Waals surface area contributed by atoms with Crippen LogP contribution < -0.4 is 15.1 Å². The Labute approximate surface area is 127 Å². The number of benzene rings is 1. The van der Waals surface area contributed by atoms with Gasteiger partial charge < -0.3 is 24.1 Å². The van der Waals surface area contributed by atoms with Crippen molar-refractivity contribution in [3.8, 4) is 11.5 Å². The summed E-state index contributed by atoms with van der Waals surface area (Å²) in [6, 6.07) is 4.39. The fraction of sp³-hybridized carbons (Fsp3) is 0.312. The zero-order valence-electron chi connectivity index (χ0n) is 12.6. The van der Waals surface area contributed by atoms with Crippen LogP contribution in [-0.4, -0.2) is 30.5 Å². The van der Waals surface area contributed by atoms with Crippen LogP contribution in [0.4, 0.5) is 0 Å². The average molecular weight is 306 g/mol. The maximum Gasteiger partial charge on any atom is 0.336 e. The van der Waals surface area contributed by atoms with Gasteiger partial charge in [-0.1, -0.05) is 6.58 Å². The first-order chi connectivity index (χ1) is 10.4. The third-order valence-corrected chi connectivity index (χ3v) is 3.38. The molecule has 0 radical (unpaired) electrons. The maximum absolute atomic E-state index is 11.4. The predicted octanol–water partition coefficient (Wildman–Crippen LogP) is 1.78. The van der Waals surface area contributed by atoms with Crippen molar-refractivity contribution in [2.24, 2.45) is 0 Å². The van der Waals surface area contributed by atoms with Crippen LogP contribution in [-0.2, 0) is 0 Å². The van der Waals surface area contributed by atoms with Crippen molar-refractivity contribution >= 4 is 11.0 Å². The number of aliphatic hydroxyl groups excluding tert-OH is 2. The molecule has 0 aliphatic rings. The normalized spacial score (nSPS) is 13.7. The smallest absolute Gasteiger partial charge is 0.336 e. The lowest BCUT2D eigenvalue weighted by molar-refractivity contribution is 0.0398. The highest BCUT2D eigenvalue weighted by Crippen LogP contribution is 2.42. The average Bonchev–Trinajstić information content (AvgIpc) is 2.51. The summed E-state index contributed by atoms with van der Waals surface area (Å²) in [4.78, 5) is 11.4. The summed E-state index contributed by atoms with van der Waals surface area (Å²) in [6.45, 7) is 5.24. The minimum absolute atomic E-state index is 0.181. The van der Waals surface area contributed by atoms with Crippen molar-refractivity contribution in [3.05, 3.63) is 46.3 Å². The van der Waals surface area contributed by atoms with E-state index in [0.29, 0.717) is 16.5 Å². The lowest BCUT2D eigenvalue weighted by Crippen LogP contribution is -2.20. The fourth-order valence-electron chi connectivity index (χ4n) is 2.24. The molecule has 2 N–H and O–H groups in total. The van der Waals surface area contributed by atoms with Crippen molar-refractivity contribution in [1.82, 2.24) is 0 Å². The van der Waals surface area contributed by atoms with Gasteiger partial charge in [-0.3, -0.25) is 0 Å². The van der Waals surface area contributed by atoms with Gasteiger partial charge in [-0.25, -0.2) is 4.79 Å². The Morgan fingerprint density at radius 3 is 2.41 bits per heavy atom. The summed E-state index contributed by atoms with van der Waals surface area (Å²) in [7, 11) is 2.80. The van der Waals surface area contributed by atoms with Crippen molar-refractivity contribution in [2.45, 2.75) is 19.1 Å². The first-order valence-corrected chi connectivity index (χ1v) is 6.61. The molecule has 1 heterocycles. The third-order valence-electron chi connectivity index (χ3n) is 3.38. The van der Waals surface area contributed by atoms with E-state index in [1.165, 1.54) is 20.3 Å². The standard InChI is InChI=1S/C16H18O6/c1-8(2)12(18)13(19)10-7-9-5-6-11(17)22-14(9)16(21-4)15(10)20-3/h5-7,12-13,18-19H,1H2,2-4H3/t12-,13+/m0/s1. The van der Waals surface area contributed by atoms with E-state index in [9.17, 15) is 15.0 Å². The predicted molar refractivity (Wildman–Crippen MR) is 81.4 cm³/mol. The Morgan fingerprint density at radius 2 is 1.86 bits per heavy atom. The number of hydrogen-bond donors (Lipinski definition) is 2. The van der Waals surface area contributed by atoms with Crippen molar-refractivity contribution in [1.29, 1.82) is 0 Å². The summed E-state index contributed by atoms with van der Waals surface area (Å²) < 4.78 is 15.7. The molecule has 22 heavy (non-hydrogen) atoms. The number of hydrogen-bond acceptors (Lipinski definition) is 6. The fourth-order valence-corrected chi connectivity index (χ4v) is 2.24. The minimum Gasteiger partial charge on any atom is -0.492 e. The highest BCUT2D eigenvalue weighted by atomic mass is 16.5. The number of methoxy groups -OCH3 is 2. The number of ether oxygens (including phenoxy) is 2. The summed E-state index contributed by atoms with van der Waals surface area (Å²) in [6.07, 6.45) is -2.41. The molecule has 118 valence electrons. The topological polar surface area (TPSA) is 89.1 Å². The van der Waals surface area contributed by atoms with Crippen LogP contribution >= 0.6 is 0 Å². The van der Waals surface area contributed by atoms with Gasteiger partial charge in [-0.2, -0.15) is 0 Å². The van der Waals surface area contributed by atoms with Crippen molar-refractivity contribution in [3.63, 3.8) is 0 Å². The van der Waals surface area contributed by atoms with Crippen LogP contribution in [0.5, 0.6) is 11.5 Å². The molecule has 1 aromatic carbocycles. The van der Waals surface area contributed by atoms with Gasteiger partial charge in [0.25, 0.3) is 0 Å². The van der Waals surface area contributed by atoms with E-state index >= 15 is 0 Å². The molecule has 6 heteroatoms. The molecule has 2 rings (SSSR count). The van der Waals surface area contributed by atoms with Crippen LogP contribution in [0.3, 0.4) is 0 Å². The van der Waals surface area contributed by atoms with E-state index in [4.69, 9.17) is 13.9 Å². The molecule has 2 atom stereocenters. The lowest BCUT2D eigenvalue weighted by atomic mass is 9.97. The second-order valence-electron chi connectivity index (χ2n) is 4.94. The molecule has 0 aliphatic heterocycles. The van der Waals surface area contributed by atoms with E-state index in [0.717, 1.165) is 0 Å². The van der Waals surface area contributed by atoms with Gasteiger partial charge in [-0.05, 0) is 24.6 Å². The highest BCUT2D eigenvalue weighted by molar-refractivity contribution is 5.87. The Kier molecular flexibility index (Phi) is 4.54. The molecule has 2 aromatic rings. The first kappa shape index (κ1) is 16.1. The van der Waals surface area contributed by atoms with Gasteiger partial charge in [0.2, 0.25) is 5.75 Å². The van der Waals surface area contributed by atoms with Gasteiger partial charge in [0, 0.05) is 17.0 Å². The van der Waals surface area contributed by atoms with E-state index in [-0.39, 0.29) is 17.1 Å². The zero-order chi connectivity index (χ0) is 16.4. The molecule has 6 nitrogen and oxygen atoms in total. The number of fused-ring (bicyclic) bond motifs is 1. The van der Waals surface area contributed by atoms with E-state index < -0.39 is 17.8 Å². The van der Waals surface area contributed by atoms with Crippen LogP contribution in [0.1, 0.15) is 18.6 Å². The molecular weight excluding hydrogens is 288 g/mol. The molecular formula is C16H18O6. The first-order valence-electron chi connectivity index (χ1n) is 6.61. The monoisotopic (exact) mass is 306 g/mol. The minimum atomic E-state index is -1.25. The molecule has 0 bridgehead atoms. The molecule has 0 spiro atoms. The Morgan fingerprint density at radius 1 is 1.23 bits per heavy atom. The van der Waals surface area contributed by atoms with Gasteiger partial charge in [0.05, 0.1) is 14.2 Å². The summed E-state index contributed by atoms with van der Waals surface area (Å²) >= 11 is 0. The number of aliphatic hydroxyl groups is 2. The quantitative estimate of drug-likeness (QED) is 0.646. The Balaban J connectivity index is 2.76. The van der Waals surface area contributed by atoms with Gasteiger partial charge in [0.1, 0.15) is 12.2 Å². The second-order valence-corrected chi connectivity index (χ2v) is 4.94. The Hall–Kier alpha value is -2.31. The third kappa shape index (κ3) is 2.70. The summed E-state index contributed by atoms with van der Waals surface area (Å²) in [5.74, 6) is 0.373. The van der Waals surface area contributed by atoms with Crippen LogP contribution in [0.25, 0.3) is 11.0 Å². The van der Waals surface area contributed by atoms with Gasteiger partial charge in [0.15, 0.2) is 11.3 Å². The molecule has 0 aliphatic carbocycles. The lowest BCUT2D eigenvalue weighted by Gasteiger charge is -2.22. The molecule has 1 aromatic heterocycles. The van der Waals surface area contributed by atoms with Gasteiger partial charge in [-0.15, -0.1) is 0 Å². The molecule has 0 fully saturated rings. The number of rotatable bonds is 5. The molecule has 0 amide bonds. The summed E-state index contributed by atoms with van der Waals surface area (Å²) in [5.41, 5.74) is 0.417.